The molecule has 0 radical (unpaired) electrons. The van der Waals surface area contributed by atoms with Crippen LogP contribution in [0.15, 0.2) is 41.0 Å². The molecule has 1 atom stereocenters. The number of benzene rings is 1. The minimum atomic E-state index is -0.363. The van der Waals surface area contributed by atoms with Crippen LogP contribution in [0.4, 0.5) is 9.52 Å². The SMILES string of the molecule is CC(Sc1nnc(-c2ccc(F)cc2)n1C)C(=O)Nc1nccs1. The van der Waals surface area contributed by atoms with Crippen LogP contribution in [0.5, 0.6) is 0 Å². The van der Waals surface area contributed by atoms with Gasteiger partial charge in [0, 0.05) is 24.2 Å². The Morgan fingerprint density at radius 2 is 2.08 bits per heavy atom. The molecule has 0 saturated heterocycles. The van der Waals surface area contributed by atoms with Crippen molar-refractivity contribution in [2.75, 3.05) is 5.32 Å². The van der Waals surface area contributed by atoms with Crippen molar-refractivity contribution in [1.82, 2.24) is 19.7 Å². The maximum Gasteiger partial charge on any atom is 0.239 e. The van der Waals surface area contributed by atoms with Crippen molar-refractivity contribution in [2.24, 2.45) is 7.05 Å². The molecular formula is C15H14FN5OS2. The van der Waals surface area contributed by atoms with Crippen LogP contribution in [0.2, 0.25) is 0 Å². The van der Waals surface area contributed by atoms with Gasteiger partial charge in [-0.25, -0.2) is 9.37 Å². The highest BCUT2D eigenvalue weighted by Gasteiger charge is 2.20. The largest absolute Gasteiger partial charge is 0.305 e. The van der Waals surface area contributed by atoms with E-state index in [2.05, 4.69) is 20.5 Å². The van der Waals surface area contributed by atoms with E-state index in [1.807, 2.05) is 7.05 Å². The number of amides is 1. The minimum Gasteiger partial charge on any atom is -0.305 e. The number of rotatable bonds is 5. The second kappa shape index (κ2) is 7.10. The maximum atomic E-state index is 13.0. The Balaban J connectivity index is 1.71. The molecule has 1 amide bonds. The molecule has 0 spiro atoms. The highest BCUT2D eigenvalue weighted by molar-refractivity contribution is 8.00. The van der Waals surface area contributed by atoms with Crippen molar-refractivity contribution in [2.45, 2.75) is 17.3 Å². The highest BCUT2D eigenvalue weighted by atomic mass is 32.2. The minimum absolute atomic E-state index is 0.152. The number of anilines is 1. The summed E-state index contributed by atoms with van der Waals surface area (Å²) in [5, 5.41) is 13.6. The number of carbonyl (C=O) groups excluding carboxylic acids is 1. The van der Waals surface area contributed by atoms with E-state index in [1.54, 1.807) is 35.2 Å². The van der Waals surface area contributed by atoms with Crippen LogP contribution < -0.4 is 5.32 Å². The Bertz CT molecular complexity index is 832. The third kappa shape index (κ3) is 3.62. The second-order valence-corrected chi connectivity index (χ2v) is 7.16. The molecule has 0 aliphatic carbocycles. The molecular weight excluding hydrogens is 349 g/mol. The second-order valence-electron chi connectivity index (χ2n) is 4.96. The van der Waals surface area contributed by atoms with Gasteiger partial charge in [-0.1, -0.05) is 11.8 Å². The van der Waals surface area contributed by atoms with Crippen LogP contribution in [0.25, 0.3) is 11.4 Å². The van der Waals surface area contributed by atoms with Gasteiger partial charge >= 0.3 is 0 Å². The van der Waals surface area contributed by atoms with E-state index >= 15 is 0 Å². The number of aromatic nitrogens is 4. The van der Waals surface area contributed by atoms with E-state index in [4.69, 9.17) is 0 Å². The molecule has 9 heteroatoms. The summed E-state index contributed by atoms with van der Waals surface area (Å²) in [6.45, 7) is 1.79. The summed E-state index contributed by atoms with van der Waals surface area (Å²) in [6.07, 6.45) is 1.63. The number of halogens is 1. The molecule has 24 heavy (non-hydrogen) atoms. The molecule has 0 aliphatic rings. The van der Waals surface area contributed by atoms with Gasteiger partial charge in [-0.15, -0.1) is 21.5 Å². The zero-order valence-corrected chi connectivity index (χ0v) is 14.6. The highest BCUT2D eigenvalue weighted by Crippen LogP contribution is 2.26. The van der Waals surface area contributed by atoms with E-state index < -0.39 is 0 Å². The fourth-order valence-corrected chi connectivity index (χ4v) is 3.32. The van der Waals surface area contributed by atoms with Crippen LogP contribution >= 0.6 is 23.1 Å². The Morgan fingerprint density at radius 3 is 2.75 bits per heavy atom. The zero-order valence-electron chi connectivity index (χ0n) is 12.9. The van der Waals surface area contributed by atoms with Crippen LogP contribution in [0, 0.1) is 5.82 Å². The van der Waals surface area contributed by atoms with Gasteiger partial charge in [0.1, 0.15) is 5.82 Å². The molecule has 0 fully saturated rings. The lowest BCUT2D eigenvalue weighted by atomic mass is 10.2. The lowest BCUT2D eigenvalue weighted by molar-refractivity contribution is -0.115. The Hall–Kier alpha value is -2.26. The van der Waals surface area contributed by atoms with Crippen LogP contribution in [0.3, 0.4) is 0 Å². The van der Waals surface area contributed by atoms with Gasteiger partial charge in [0.05, 0.1) is 5.25 Å². The number of thioether (sulfide) groups is 1. The van der Waals surface area contributed by atoms with Gasteiger partial charge in [-0.3, -0.25) is 4.79 Å². The van der Waals surface area contributed by atoms with Crippen molar-refractivity contribution < 1.29 is 9.18 Å². The molecule has 1 N–H and O–H groups in total. The van der Waals surface area contributed by atoms with Crippen molar-refractivity contribution in [3.63, 3.8) is 0 Å². The average molecular weight is 363 g/mol. The number of hydrogen-bond donors (Lipinski definition) is 1. The van der Waals surface area contributed by atoms with Crippen molar-refractivity contribution in [3.05, 3.63) is 41.7 Å². The molecule has 1 aromatic carbocycles. The quantitative estimate of drug-likeness (QED) is 0.705. The Kier molecular flexibility index (Phi) is 4.91. The summed E-state index contributed by atoms with van der Waals surface area (Å²) >= 11 is 2.66. The third-order valence-corrected chi connectivity index (χ3v) is 5.07. The summed E-state index contributed by atoms with van der Waals surface area (Å²) in [5.74, 6) is 0.161. The van der Waals surface area contributed by atoms with Crippen LogP contribution in [-0.2, 0) is 11.8 Å². The van der Waals surface area contributed by atoms with Crippen LogP contribution in [0.1, 0.15) is 6.92 Å². The van der Waals surface area contributed by atoms with Crippen LogP contribution in [-0.4, -0.2) is 30.9 Å². The first-order chi connectivity index (χ1) is 11.5. The van der Waals surface area contributed by atoms with Gasteiger partial charge in [-0.05, 0) is 31.2 Å². The Labute approximate surface area is 146 Å². The Morgan fingerprint density at radius 1 is 1.33 bits per heavy atom. The lowest BCUT2D eigenvalue weighted by Gasteiger charge is -2.10. The predicted octanol–water partition coefficient (Wildman–Crippen LogP) is 3.20. The van der Waals surface area contributed by atoms with E-state index in [0.717, 1.165) is 5.56 Å². The topological polar surface area (TPSA) is 72.7 Å². The fourth-order valence-electron chi connectivity index (χ4n) is 1.97. The monoisotopic (exact) mass is 363 g/mol. The van der Waals surface area contributed by atoms with Gasteiger partial charge in [0.15, 0.2) is 16.1 Å². The molecule has 2 heterocycles. The van der Waals surface area contributed by atoms with Gasteiger partial charge in [-0.2, -0.15) is 0 Å². The number of thiazole rings is 1. The number of nitrogens with one attached hydrogen (secondary N) is 1. The van der Waals surface area contributed by atoms with Crippen molar-refractivity contribution in [3.8, 4) is 11.4 Å². The summed E-state index contributed by atoms with van der Waals surface area (Å²) < 4.78 is 14.8. The first kappa shape index (κ1) is 16.6. The average Bonchev–Trinajstić information content (AvgIpc) is 3.19. The van der Waals surface area contributed by atoms with Crippen molar-refractivity contribution in [1.29, 1.82) is 0 Å². The molecule has 124 valence electrons. The summed E-state index contributed by atoms with van der Waals surface area (Å²) in [4.78, 5) is 16.2. The van der Waals surface area contributed by atoms with E-state index in [9.17, 15) is 9.18 Å². The summed E-state index contributed by atoms with van der Waals surface area (Å²) in [6, 6.07) is 6.04. The first-order valence-corrected chi connectivity index (χ1v) is 8.83. The molecule has 3 rings (SSSR count). The van der Waals surface area contributed by atoms with E-state index in [-0.39, 0.29) is 17.0 Å². The van der Waals surface area contributed by atoms with Gasteiger partial charge in [0.25, 0.3) is 0 Å². The number of nitrogens with zero attached hydrogens (tertiary/aromatic N) is 4. The smallest absolute Gasteiger partial charge is 0.239 e. The summed E-state index contributed by atoms with van der Waals surface area (Å²) in [7, 11) is 1.81. The molecule has 0 bridgehead atoms. The normalized spacial score (nSPS) is 12.1. The number of carbonyl (C=O) groups is 1. The molecule has 2 aromatic heterocycles. The van der Waals surface area contributed by atoms with Crippen molar-refractivity contribution >= 4 is 34.1 Å². The standard InChI is InChI=1S/C15H14FN5OS2/c1-9(13(22)18-14-17-7-8-23-14)24-15-20-19-12(21(15)2)10-3-5-11(16)6-4-10/h3-9H,1-2H3,(H,17,18,22). The molecule has 6 nitrogen and oxygen atoms in total. The first-order valence-electron chi connectivity index (χ1n) is 7.07. The molecule has 3 aromatic rings. The molecule has 1 unspecified atom stereocenters. The maximum absolute atomic E-state index is 13.0. The van der Waals surface area contributed by atoms with E-state index in [1.165, 1.54) is 35.2 Å². The zero-order chi connectivity index (χ0) is 17.1. The molecule has 0 saturated carbocycles. The van der Waals surface area contributed by atoms with E-state index in [0.29, 0.717) is 16.1 Å². The molecule has 0 aliphatic heterocycles. The number of hydrogen-bond acceptors (Lipinski definition) is 6. The lowest BCUT2D eigenvalue weighted by Crippen LogP contribution is -2.22. The third-order valence-electron chi connectivity index (χ3n) is 3.25. The van der Waals surface area contributed by atoms with Gasteiger partial charge < -0.3 is 9.88 Å². The fraction of sp³-hybridized carbons (Fsp3) is 0.200. The van der Waals surface area contributed by atoms with Gasteiger partial charge in [0.2, 0.25) is 5.91 Å². The summed E-state index contributed by atoms with van der Waals surface area (Å²) in [5.41, 5.74) is 0.762. The predicted molar refractivity (Wildman–Crippen MR) is 92.5 cm³/mol.